The molecule has 0 aromatic heterocycles. The van der Waals surface area contributed by atoms with Crippen LogP contribution in [-0.4, -0.2) is 12.7 Å². The summed E-state index contributed by atoms with van der Waals surface area (Å²) in [5.41, 5.74) is 0. The molecule has 1 aliphatic rings. The van der Waals surface area contributed by atoms with E-state index in [1.807, 2.05) is 0 Å². The Morgan fingerprint density at radius 1 is 1.73 bits per heavy atom. The van der Waals surface area contributed by atoms with Crippen LogP contribution in [0, 0.1) is 5.92 Å². The summed E-state index contributed by atoms with van der Waals surface area (Å²) in [7, 11) is 0. The van der Waals surface area contributed by atoms with Gasteiger partial charge in [0.1, 0.15) is 0 Å². The summed E-state index contributed by atoms with van der Waals surface area (Å²) < 4.78 is 5.59. The summed E-state index contributed by atoms with van der Waals surface area (Å²) in [6, 6.07) is 0. The Morgan fingerprint density at radius 3 is 3.00 bits per heavy atom. The van der Waals surface area contributed by atoms with Crippen LogP contribution < -0.4 is 0 Å². The van der Waals surface area contributed by atoms with Crippen LogP contribution >= 0.6 is 0 Å². The van der Waals surface area contributed by atoms with Crippen LogP contribution in [0.1, 0.15) is 32.6 Å². The van der Waals surface area contributed by atoms with Gasteiger partial charge in [0.2, 0.25) is 0 Å². The third-order valence-corrected chi connectivity index (χ3v) is 2.37. The first-order chi connectivity index (χ1) is 5.38. The van der Waals surface area contributed by atoms with E-state index in [4.69, 9.17) is 4.74 Å². The second-order valence-electron chi connectivity index (χ2n) is 3.24. The van der Waals surface area contributed by atoms with E-state index in [9.17, 15) is 0 Å². The molecular formula is C10H18O. The molecule has 0 saturated carbocycles. The van der Waals surface area contributed by atoms with Crippen molar-refractivity contribution in [3.05, 3.63) is 12.7 Å². The third-order valence-electron chi connectivity index (χ3n) is 2.37. The molecule has 1 saturated heterocycles. The molecule has 2 unspecified atom stereocenters. The third kappa shape index (κ3) is 2.33. The van der Waals surface area contributed by atoms with Gasteiger partial charge in [-0.15, -0.1) is 6.58 Å². The molecule has 2 atom stereocenters. The molecular weight excluding hydrogens is 136 g/mol. The Kier molecular flexibility index (Phi) is 3.64. The lowest BCUT2D eigenvalue weighted by Gasteiger charge is -2.18. The first-order valence-electron chi connectivity index (χ1n) is 4.62. The monoisotopic (exact) mass is 154 g/mol. The minimum Gasteiger partial charge on any atom is -0.378 e. The number of ether oxygens (including phenoxy) is 1. The normalized spacial score (nSPS) is 26.8. The molecule has 0 bridgehead atoms. The van der Waals surface area contributed by atoms with E-state index in [1.54, 1.807) is 0 Å². The summed E-state index contributed by atoms with van der Waals surface area (Å²) in [5.74, 6) is 0.600. The second-order valence-corrected chi connectivity index (χ2v) is 3.24. The zero-order valence-electron chi connectivity index (χ0n) is 7.38. The molecule has 1 rings (SSSR count). The maximum Gasteiger partial charge on any atom is 0.0638 e. The summed E-state index contributed by atoms with van der Waals surface area (Å²) in [5, 5.41) is 0. The molecule has 1 aliphatic heterocycles. The van der Waals surface area contributed by atoms with E-state index < -0.39 is 0 Å². The lowest BCUT2D eigenvalue weighted by molar-refractivity contribution is 0.0760. The second kappa shape index (κ2) is 4.55. The number of hydrogen-bond donors (Lipinski definition) is 0. The average Bonchev–Trinajstić information content (AvgIpc) is 2.52. The quantitative estimate of drug-likeness (QED) is 0.566. The van der Waals surface area contributed by atoms with Crippen molar-refractivity contribution < 1.29 is 4.74 Å². The van der Waals surface area contributed by atoms with Crippen LogP contribution in [0.15, 0.2) is 12.7 Å². The summed E-state index contributed by atoms with van der Waals surface area (Å²) in [6.45, 7) is 7.02. The maximum absolute atomic E-state index is 5.59. The fourth-order valence-corrected chi connectivity index (χ4v) is 1.73. The van der Waals surface area contributed by atoms with E-state index >= 15 is 0 Å². The molecule has 0 radical (unpaired) electrons. The summed E-state index contributed by atoms with van der Waals surface area (Å²) in [4.78, 5) is 0. The highest BCUT2D eigenvalue weighted by Gasteiger charge is 2.22. The Hall–Kier alpha value is -0.300. The van der Waals surface area contributed by atoms with Crippen molar-refractivity contribution in [3.63, 3.8) is 0 Å². The predicted molar refractivity (Wildman–Crippen MR) is 47.6 cm³/mol. The van der Waals surface area contributed by atoms with Gasteiger partial charge >= 0.3 is 0 Å². The van der Waals surface area contributed by atoms with Crippen LogP contribution in [0.4, 0.5) is 0 Å². The Bertz CT molecular complexity index is 114. The lowest BCUT2D eigenvalue weighted by Crippen LogP contribution is -2.16. The van der Waals surface area contributed by atoms with Gasteiger partial charge in [0.15, 0.2) is 0 Å². The van der Waals surface area contributed by atoms with Crippen molar-refractivity contribution in [1.82, 2.24) is 0 Å². The molecule has 11 heavy (non-hydrogen) atoms. The van der Waals surface area contributed by atoms with E-state index in [2.05, 4.69) is 19.6 Å². The zero-order valence-corrected chi connectivity index (χ0v) is 7.38. The van der Waals surface area contributed by atoms with Crippen molar-refractivity contribution in [2.75, 3.05) is 6.61 Å². The maximum atomic E-state index is 5.59. The van der Waals surface area contributed by atoms with Crippen molar-refractivity contribution in [3.8, 4) is 0 Å². The van der Waals surface area contributed by atoms with Gasteiger partial charge < -0.3 is 4.74 Å². The smallest absolute Gasteiger partial charge is 0.0638 e. The predicted octanol–water partition coefficient (Wildman–Crippen LogP) is 2.77. The Balaban J connectivity index is 2.33. The van der Waals surface area contributed by atoms with Crippen LogP contribution in [0.5, 0.6) is 0 Å². The molecule has 0 amide bonds. The van der Waals surface area contributed by atoms with Crippen molar-refractivity contribution in [2.45, 2.75) is 38.7 Å². The fraction of sp³-hybridized carbons (Fsp3) is 0.800. The Labute approximate surface area is 69.4 Å². The zero-order chi connectivity index (χ0) is 8.10. The highest BCUT2D eigenvalue weighted by molar-refractivity contribution is 4.86. The molecule has 0 aromatic rings. The summed E-state index contributed by atoms with van der Waals surface area (Å²) in [6.07, 6.45) is 7.46. The molecule has 0 N–H and O–H groups in total. The van der Waals surface area contributed by atoms with Gasteiger partial charge in [-0.25, -0.2) is 0 Å². The fourth-order valence-electron chi connectivity index (χ4n) is 1.73. The largest absolute Gasteiger partial charge is 0.378 e. The standard InChI is InChI=1S/C10H18O/c1-3-6-9(4-2)10-7-5-8-11-10/h4,9-10H,2-3,5-8H2,1H3. The molecule has 0 aliphatic carbocycles. The van der Waals surface area contributed by atoms with Gasteiger partial charge in [0, 0.05) is 12.5 Å². The summed E-state index contributed by atoms with van der Waals surface area (Å²) >= 11 is 0. The topological polar surface area (TPSA) is 9.23 Å². The van der Waals surface area contributed by atoms with Crippen molar-refractivity contribution in [2.24, 2.45) is 5.92 Å². The highest BCUT2D eigenvalue weighted by atomic mass is 16.5. The van der Waals surface area contributed by atoms with Crippen LogP contribution in [-0.2, 0) is 4.74 Å². The first-order valence-corrected chi connectivity index (χ1v) is 4.62. The molecule has 1 heterocycles. The molecule has 1 fully saturated rings. The van der Waals surface area contributed by atoms with Crippen molar-refractivity contribution in [1.29, 1.82) is 0 Å². The van der Waals surface area contributed by atoms with Gasteiger partial charge in [0.05, 0.1) is 6.10 Å². The molecule has 0 aromatic carbocycles. The molecule has 1 nitrogen and oxygen atoms in total. The van der Waals surface area contributed by atoms with Gasteiger partial charge in [0.25, 0.3) is 0 Å². The molecule has 1 heteroatoms. The van der Waals surface area contributed by atoms with Crippen LogP contribution in [0.3, 0.4) is 0 Å². The van der Waals surface area contributed by atoms with E-state index in [0.29, 0.717) is 12.0 Å². The van der Waals surface area contributed by atoms with Crippen LogP contribution in [0.2, 0.25) is 0 Å². The molecule has 0 spiro atoms. The van der Waals surface area contributed by atoms with E-state index in [1.165, 1.54) is 25.7 Å². The Morgan fingerprint density at radius 2 is 2.55 bits per heavy atom. The number of hydrogen-bond acceptors (Lipinski definition) is 1. The first kappa shape index (κ1) is 8.79. The van der Waals surface area contributed by atoms with Gasteiger partial charge in [-0.1, -0.05) is 19.4 Å². The lowest BCUT2D eigenvalue weighted by atomic mass is 9.95. The van der Waals surface area contributed by atoms with E-state index in [0.717, 1.165) is 6.61 Å². The minimum atomic E-state index is 0.479. The highest BCUT2D eigenvalue weighted by Crippen LogP contribution is 2.24. The van der Waals surface area contributed by atoms with Gasteiger partial charge in [-0.05, 0) is 19.3 Å². The van der Waals surface area contributed by atoms with Gasteiger partial charge in [-0.3, -0.25) is 0 Å². The number of rotatable bonds is 4. The van der Waals surface area contributed by atoms with Crippen LogP contribution in [0.25, 0.3) is 0 Å². The van der Waals surface area contributed by atoms with E-state index in [-0.39, 0.29) is 0 Å². The molecule has 64 valence electrons. The average molecular weight is 154 g/mol. The SMILES string of the molecule is C=CC(CCC)C1CCCO1. The van der Waals surface area contributed by atoms with Gasteiger partial charge in [-0.2, -0.15) is 0 Å². The minimum absolute atomic E-state index is 0.479. The van der Waals surface area contributed by atoms with Crippen molar-refractivity contribution >= 4 is 0 Å².